The van der Waals surface area contributed by atoms with Gasteiger partial charge in [0.25, 0.3) is 5.91 Å². The molecule has 1 aromatic rings. The number of rotatable bonds is 5. The van der Waals surface area contributed by atoms with Crippen molar-refractivity contribution in [2.24, 2.45) is 16.8 Å². The number of nitrogens with zero attached hydrogens (tertiary/aromatic N) is 2. The molecule has 2 fully saturated rings. The molecular weight excluding hydrogens is 438 g/mol. The van der Waals surface area contributed by atoms with Crippen molar-refractivity contribution in [3.63, 3.8) is 0 Å². The van der Waals surface area contributed by atoms with Gasteiger partial charge in [0.1, 0.15) is 16.8 Å². The van der Waals surface area contributed by atoms with Gasteiger partial charge in [0.15, 0.2) is 0 Å². The highest BCUT2D eigenvalue weighted by Crippen LogP contribution is 2.36. The zero-order valence-electron chi connectivity index (χ0n) is 19.6. The van der Waals surface area contributed by atoms with Gasteiger partial charge in [-0.05, 0) is 80.3 Å². The summed E-state index contributed by atoms with van der Waals surface area (Å²) >= 11 is -1.33. The Morgan fingerprint density at radius 1 is 1.21 bits per heavy atom. The third-order valence-electron chi connectivity index (χ3n) is 7.40. The van der Waals surface area contributed by atoms with Crippen LogP contribution in [-0.4, -0.2) is 50.3 Å². The minimum atomic E-state index is -1.33. The molecule has 2 aliphatic heterocycles. The number of aliphatic imine (C=N–C) groups is 1. The summed E-state index contributed by atoms with van der Waals surface area (Å²) in [4.78, 5) is 29.0. The second kappa shape index (κ2) is 9.60. The fourth-order valence-corrected chi connectivity index (χ4v) is 6.18. The van der Waals surface area contributed by atoms with E-state index in [4.69, 9.17) is 4.99 Å². The number of hydrogen-bond donors (Lipinski definition) is 2. The summed E-state index contributed by atoms with van der Waals surface area (Å²) in [6, 6.07) is 3.26. The number of piperidine rings is 1. The maximum absolute atomic E-state index is 12.9. The summed E-state index contributed by atoms with van der Waals surface area (Å²) in [5.41, 5.74) is 2.10. The first-order valence-electron chi connectivity index (χ1n) is 11.8. The maximum atomic E-state index is 12.9. The Bertz CT molecular complexity index is 966. The van der Waals surface area contributed by atoms with Crippen LogP contribution in [0.2, 0.25) is 0 Å². The number of amides is 1. The third kappa shape index (κ3) is 5.03. The number of carboxylic acids is 1. The first-order valence-corrected chi connectivity index (χ1v) is 12.9. The smallest absolute Gasteiger partial charge is 0.335 e. The second-order valence-electron chi connectivity index (χ2n) is 9.78. The molecule has 0 radical (unpaired) electrons. The van der Waals surface area contributed by atoms with E-state index in [0.29, 0.717) is 31.8 Å². The Hall–Kier alpha value is -2.16. The number of carbonyl (C=O) groups is 2. The zero-order valence-corrected chi connectivity index (χ0v) is 20.4. The van der Waals surface area contributed by atoms with Gasteiger partial charge in [0.2, 0.25) is 0 Å². The van der Waals surface area contributed by atoms with Crippen molar-refractivity contribution in [3.05, 3.63) is 39.8 Å². The number of carbonyl (C=O) groups excluding carboxylic acids is 1. The molecule has 7 nitrogen and oxygen atoms in total. The van der Waals surface area contributed by atoms with Gasteiger partial charge in [-0.1, -0.05) is 19.8 Å². The van der Waals surface area contributed by atoms with Crippen LogP contribution in [0.1, 0.15) is 72.5 Å². The van der Waals surface area contributed by atoms with Crippen LogP contribution in [0.15, 0.2) is 22.5 Å². The lowest BCUT2D eigenvalue weighted by Crippen LogP contribution is -2.50. The van der Waals surface area contributed by atoms with Gasteiger partial charge in [0, 0.05) is 19.0 Å². The summed E-state index contributed by atoms with van der Waals surface area (Å²) in [5.74, 6) is 1.03. The first kappa shape index (κ1) is 24.0. The predicted octanol–water partition coefficient (Wildman–Crippen LogP) is 3.83. The topological polar surface area (TPSA) is 105 Å². The molecule has 1 aliphatic carbocycles. The highest BCUT2D eigenvalue weighted by atomic mass is 32.2. The normalized spacial score (nSPS) is 26.4. The van der Waals surface area contributed by atoms with E-state index in [-0.39, 0.29) is 11.5 Å². The van der Waals surface area contributed by atoms with Gasteiger partial charge < -0.3 is 15.0 Å². The standard InChI is InChI=1S/C25H33N3O4S/c1-16-4-6-19(7-5-16)22-26-24(31)25(27-22)9-11-28(12-10-25)33(32)13-8-21-17(2)14-20(23(29)30)15-18(21)3/h8,13-16,19H,4-7,9-12H2,1-3H3,(H,29,30)(H,26,27,31)/b13-8+/t16?,19?,33-/m0/s1. The van der Waals surface area contributed by atoms with Crippen molar-refractivity contribution in [3.8, 4) is 0 Å². The summed E-state index contributed by atoms with van der Waals surface area (Å²) in [6.45, 7) is 7.07. The molecule has 33 heavy (non-hydrogen) atoms. The molecule has 1 saturated carbocycles. The number of carboxylic acid groups (broad SMARTS) is 1. The zero-order chi connectivity index (χ0) is 23.8. The van der Waals surface area contributed by atoms with Crippen LogP contribution >= 0.6 is 0 Å². The lowest BCUT2D eigenvalue weighted by Gasteiger charge is -2.34. The predicted molar refractivity (Wildman–Crippen MR) is 130 cm³/mol. The van der Waals surface area contributed by atoms with Crippen LogP contribution in [0.3, 0.4) is 0 Å². The maximum Gasteiger partial charge on any atom is 0.335 e. The first-order chi connectivity index (χ1) is 15.7. The number of benzene rings is 1. The molecule has 2 heterocycles. The molecular formula is C25H33N3O4S. The van der Waals surface area contributed by atoms with Gasteiger partial charge >= 0.3 is 5.97 Å². The Kier molecular flexibility index (Phi) is 6.98. The lowest BCUT2D eigenvalue weighted by atomic mass is 9.82. The van der Waals surface area contributed by atoms with Crippen LogP contribution in [0.4, 0.5) is 0 Å². The van der Waals surface area contributed by atoms with Crippen LogP contribution in [0.25, 0.3) is 6.08 Å². The van der Waals surface area contributed by atoms with Gasteiger partial charge in [0.05, 0.1) is 16.9 Å². The molecule has 1 atom stereocenters. The van der Waals surface area contributed by atoms with E-state index >= 15 is 0 Å². The van der Waals surface area contributed by atoms with Gasteiger partial charge in [-0.15, -0.1) is 4.31 Å². The number of nitrogens with one attached hydrogen (secondary N) is 1. The summed E-state index contributed by atoms with van der Waals surface area (Å²) < 4.78 is 14.8. The number of amidine groups is 1. The molecule has 0 aromatic heterocycles. The van der Waals surface area contributed by atoms with E-state index in [2.05, 4.69) is 12.2 Å². The van der Waals surface area contributed by atoms with Crippen molar-refractivity contribution in [1.82, 2.24) is 9.62 Å². The van der Waals surface area contributed by atoms with Crippen molar-refractivity contribution >= 4 is 35.2 Å². The van der Waals surface area contributed by atoms with Crippen LogP contribution in [0.5, 0.6) is 0 Å². The van der Waals surface area contributed by atoms with Crippen molar-refractivity contribution in [2.75, 3.05) is 13.1 Å². The van der Waals surface area contributed by atoms with E-state index in [1.165, 1.54) is 12.8 Å². The fraction of sp³-hybridized carbons (Fsp3) is 0.560. The Morgan fingerprint density at radius 2 is 1.82 bits per heavy atom. The van der Waals surface area contributed by atoms with Crippen LogP contribution < -0.4 is 5.32 Å². The Balaban J connectivity index is 1.39. The summed E-state index contributed by atoms with van der Waals surface area (Å²) in [6.07, 6.45) is 7.48. The molecule has 1 amide bonds. The van der Waals surface area contributed by atoms with Crippen molar-refractivity contribution in [2.45, 2.75) is 64.8 Å². The van der Waals surface area contributed by atoms with E-state index in [1.807, 2.05) is 18.2 Å². The van der Waals surface area contributed by atoms with Crippen molar-refractivity contribution in [1.29, 1.82) is 0 Å². The molecule has 178 valence electrons. The largest absolute Gasteiger partial charge is 0.593 e. The van der Waals surface area contributed by atoms with E-state index in [1.54, 1.807) is 23.6 Å². The fourth-order valence-electron chi connectivity index (χ4n) is 5.22. The molecule has 0 bridgehead atoms. The number of aromatic carboxylic acids is 1. The van der Waals surface area contributed by atoms with Gasteiger partial charge in [-0.3, -0.25) is 9.79 Å². The lowest BCUT2D eigenvalue weighted by molar-refractivity contribution is -0.124. The van der Waals surface area contributed by atoms with Gasteiger partial charge in [-0.2, -0.15) is 0 Å². The molecule has 2 N–H and O–H groups in total. The average Bonchev–Trinajstić information content (AvgIpc) is 3.09. The van der Waals surface area contributed by atoms with E-state index < -0.39 is 22.9 Å². The molecule has 1 spiro atoms. The van der Waals surface area contributed by atoms with Crippen LogP contribution in [-0.2, 0) is 16.2 Å². The monoisotopic (exact) mass is 471 g/mol. The Morgan fingerprint density at radius 3 is 2.39 bits per heavy atom. The average molecular weight is 472 g/mol. The number of aryl methyl sites for hydroxylation is 2. The third-order valence-corrected chi connectivity index (χ3v) is 8.64. The molecule has 1 saturated heterocycles. The SMILES string of the molecule is Cc1cc(C(=O)O)cc(C)c1/C=C/[S@+]([O-])N1CCC2(CC1)N=C(C1CCC(C)CC1)NC2=O. The molecule has 1 aromatic carbocycles. The van der Waals surface area contributed by atoms with Crippen LogP contribution in [0, 0.1) is 25.7 Å². The minimum absolute atomic E-state index is 0.00173. The molecule has 0 unspecified atom stereocenters. The van der Waals surface area contributed by atoms with E-state index in [9.17, 15) is 19.2 Å². The number of hydrogen-bond acceptors (Lipinski definition) is 5. The van der Waals surface area contributed by atoms with E-state index in [0.717, 1.165) is 41.3 Å². The highest BCUT2D eigenvalue weighted by Gasteiger charge is 2.48. The van der Waals surface area contributed by atoms with Crippen molar-refractivity contribution < 1.29 is 19.2 Å². The second-order valence-corrected chi connectivity index (χ2v) is 11.1. The molecule has 4 rings (SSSR count). The van der Waals surface area contributed by atoms with Gasteiger partial charge in [-0.25, -0.2) is 4.79 Å². The summed E-state index contributed by atoms with van der Waals surface area (Å²) in [5, 5.41) is 13.9. The summed E-state index contributed by atoms with van der Waals surface area (Å²) in [7, 11) is 0. The minimum Gasteiger partial charge on any atom is -0.593 e. The molecule has 8 heteroatoms. The quantitative estimate of drug-likeness (QED) is 0.635. The molecule has 3 aliphatic rings. The Labute approximate surface area is 198 Å². The highest BCUT2D eigenvalue weighted by molar-refractivity contribution is 7.92.